The third-order valence-electron chi connectivity index (χ3n) is 6.37. The van der Waals surface area contributed by atoms with Gasteiger partial charge in [0, 0.05) is 19.0 Å². The normalized spacial score (nSPS) is 31.4. The van der Waals surface area contributed by atoms with Gasteiger partial charge >= 0.3 is 0 Å². The van der Waals surface area contributed by atoms with Crippen LogP contribution in [0.4, 0.5) is 4.39 Å². The fourth-order valence-corrected chi connectivity index (χ4v) is 4.65. The van der Waals surface area contributed by atoms with E-state index in [0.717, 1.165) is 31.0 Å². The van der Waals surface area contributed by atoms with Gasteiger partial charge in [0.2, 0.25) is 5.91 Å². The minimum atomic E-state index is -0.206. The van der Waals surface area contributed by atoms with E-state index >= 15 is 0 Å². The summed E-state index contributed by atoms with van der Waals surface area (Å²) < 4.78 is 13.0. The van der Waals surface area contributed by atoms with Gasteiger partial charge in [0.05, 0.1) is 0 Å². The SMILES string of the molecule is CN1CCC(C2CCN(C(=O)C3CC3c3ccc(F)cc3)C2)CC1. The van der Waals surface area contributed by atoms with Crippen LogP contribution in [0.25, 0.3) is 0 Å². The molecule has 0 bridgehead atoms. The molecule has 3 unspecified atom stereocenters. The molecule has 3 nitrogen and oxygen atoms in total. The molecule has 4 rings (SSSR count). The molecule has 4 heteroatoms. The lowest BCUT2D eigenvalue weighted by Crippen LogP contribution is -2.35. The molecule has 1 aromatic carbocycles. The highest BCUT2D eigenvalue weighted by Crippen LogP contribution is 2.49. The number of halogens is 1. The largest absolute Gasteiger partial charge is 0.342 e. The van der Waals surface area contributed by atoms with Gasteiger partial charge < -0.3 is 9.80 Å². The summed E-state index contributed by atoms with van der Waals surface area (Å²) in [4.78, 5) is 17.3. The van der Waals surface area contributed by atoms with Crippen LogP contribution in [0, 0.1) is 23.6 Å². The maximum atomic E-state index is 13.0. The molecule has 2 saturated heterocycles. The fraction of sp³-hybridized carbons (Fsp3) is 0.650. The number of piperidine rings is 1. The number of amides is 1. The highest BCUT2D eigenvalue weighted by Gasteiger charge is 2.47. The molecular weight excluding hydrogens is 303 g/mol. The topological polar surface area (TPSA) is 23.6 Å². The summed E-state index contributed by atoms with van der Waals surface area (Å²) in [5.74, 6) is 2.06. The van der Waals surface area contributed by atoms with E-state index < -0.39 is 0 Å². The Morgan fingerprint density at radius 3 is 2.42 bits per heavy atom. The van der Waals surface area contributed by atoms with Gasteiger partial charge in [-0.15, -0.1) is 0 Å². The lowest BCUT2D eigenvalue weighted by molar-refractivity contribution is -0.131. The van der Waals surface area contributed by atoms with Crippen molar-refractivity contribution in [1.82, 2.24) is 9.80 Å². The first-order valence-electron chi connectivity index (χ1n) is 9.34. The quantitative estimate of drug-likeness (QED) is 0.850. The Morgan fingerprint density at radius 1 is 1.04 bits per heavy atom. The molecule has 3 atom stereocenters. The van der Waals surface area contributed by atoms with Crippen LogP contribution >= 0.6 is 0 Å². The van der Waals surface area contributed by atoms with Gasteiger partial charge in [-0.1, -0.05) is 12.1 Å². The molecule has 1 aliphatic carbocycles. The first-order chi connectivity index (χ1) is 11.6. The van der Waals surface area contributed by atoms with Crippen LogP contribution in [0.2, 0.25) is 0 Å². The molecule has 3 aliphatic rings. The molecule has 2 aliphatic heterocycles. The molecule has 130 valence electrons. The third kappa shape index (κ3) is 3.21. The number of likely N-dealkylation sites (tertiary alicyclic amines) is 2. The van der Waals surface area contributed by atoms with E-state index in [0.29, 0.717) is 17.7 Å². The first-order valence-corrected chi connectivity index (χ1v) is 9.34. The van der Waals surface area contributed by atoms with Crippen molar-refractivity contribution in [3.8, 4) is 0 Å². The summed E-state index contributed by atoms with van der Waals surface area (Å²) in [5, 5.41) is 0. The number of rotatable bonds is 3. The van der Waals surface area contributed by atoms with Crippen molar-refractivity contribution >= 4 is 5.91 Å². The number of hydrogen-bond acceptors (Lipinski definition) is 2. The van der Waals surface area contributed by atoms with Gasteiger partial charge in [0.15, 0.2) is 0 Å². The van der Waals surface area contributed by atoms with Crippen molar-refractivity contribution in [2.75, 3.05) is 33.2 Å². The monoisotopic (exact) mass is 330 g/mol. The zero-order valence-corrected chi connectivity index (χ0v) is 14.5. The van der Waals surface area contributed by atoms with Crippen LogP contribution in [0.5, 0.6) is 0 Å². The summed E-state index contributed by atoms with van der Waals surface area (Å²) in [6, 6.07) is 6.67. The van der Waals surface area contributed by atoms with Crippen molar-refractivity contribution in [2.24, 2.45) is 17.8 Å². The van der Waals surface area contributed by atoms with E-state index in [1.165, 1.54) is 44.5 Å². The lowest BCUT2D eigenvalue weighted by atomic mass is 9.84. The van der Waals surface area contributed by atoms with Crippen LogP contribution in [0.3, 0.4) is 0 Å². The second-order valence-corrected chi connectivity index (χ2v) is 7.97. The molecule has 0 aromatic heterocycles. The predicted molar refractivity (Wildman–Crippen MR) is 92.2 cm³/mol. The fourth-order valence-electron chi connectivity index (χ4n) is 4.65. The molecular formula is C20H27FN2O. The highest BCUT2D eigenvalue weighted by molar-refractivity contribution is 5.83. The van der Waals surface area contributed by atoms with Crippen LogP contribution in [0.15, 0.2) is 24.3 Å². The van der Waals surface area contributed by atoms with Gasteiger partial charge in [0.1, 0.15) is 5.82 Å². The third-order valence-corrected chi connectivity index (χ3v) is 6.37. The van der Waals surface area contributed by atoms with Crippen LogP contribution in [-0.2, 0) is 4.79 Å². The van der Waals surface area contributed by atoms with Crippen LogP contribution in [-0.4, -0.2) is 48.9 Å². The molecule has 1 aromatic rings. The summed E-state index contributed by atoms with van der Waals surface area (Å²) >= 11 is 0. The van der Waals surface area contributed by atoms with Crippen molar-refractivity contribution in [1.29, 1.82) is 0 Å². The minimum Gasteiger partial charge on any atom is -0.342 e. The predicted octanol–water partition coefficient (Wildman–Crippen LogP) is 3.12. The van der Waals surface area contributed by atoms with Gasteiger partial charge in [-0.3, -0.25) is 4.79 Å². The summed E-state index contributed by atoms with van der Waals surface area (Å²) in [5.41, 5.74) is 1.11. The van der Waals surface area contributed by atoms with E-state index in [9.17, 15) is 9.18 Å². The summed E-state index contributed by atoms with van der Waals surface area (Å²) in [7, 11) is 2.20. The van der Waals surface area contributed by atoms with Gasteiger partial charge in [-0.25, -0.2) is 4.39 Å². The van der Waals surface area contributed by atoms with Gasteiger partial charge in [-0.2, -0.15) is 0 Å². The Kier molecular flexibility index (Phi) is 4.33. The van der Waals surface area contributed by atoms with E-state index in [2.05, 4.69) is 16.8 Å². The smallest absolute Gasteiger partial charge is 0.226 e. The molecule has 3 fully saturated rings. The van der Waals surface area contributed by atoms with Gasteiger partial charge in [0.25, 0.3) is 0 Å². The number of carbonyl (C=O) groups is 1. The second kappa shape index (κ2) is 6.47. The van der Waals surface area contributed by atoms with Crippen LogP contribution in [0.1, 0.15) is 37.2 Å². The number of nitrogens with zero attached hydrogens (tertiary/aromatic N) is 2. The standard InChI is InChI=1S/C20H27FN2O/c1-22-9-6-14(7-10-22)16-8-11-23(13-16)20(24)19-12-18(19)15-2-4-17(21)5-3-15/h2-5,14,16,18-19H,6-13H2,1H3. The molecule has 0 radical (unpaired) electrons. The van der Waals surface area contributed by atoms with E-state index in [-0.39, 0.29) is 11.7 Å². The maximum absolute atomic E-state index is 13.0. The Morgan fingerprint density at radius 2 is 1.71 bits per heavy atom. The van der Waals surface area contributed by atoms with Crippen molar-refractivity contribution in [2.45, 2.75) is 31.6 Å². The van der Waals surface area contributed by atoms with Gasteiger partial charge in [-0.05, 0) is 81.3 Å². The Hall–Kier alpha value is -1.42. The lowest BCUT2D eigenvalue weighted by Gasteiger charge is -2.32. The molecule has 2 heterocycles. The molecule has 1 amide bonds. The summed E-state index contributed by atoms with van der Waals surface area (Å²) in [6.45, 7) is 4.29. The van der Waals surface area contributed by atoms with E-state index in [1.807, 2.05) is 12.1 Å². The average Bonchev–Trinajstić information content (AvgIpc) is 3.23. The number of hydrogen-bond donors (Lipinski definition) is 0. The van der Waals surface area contributed by atoms with E-state index in [4.69, 9.17) is 0 Å². The molecule has 0 N–H and O–H groups in total. The molecule has 0 spiro atoms. The Bertz CT molecular complexity index is 594. The highest BCUT2D eigenvalue weighted by atomic mass is 19.1. The minimum absolute atomic E-state index is 0.131. The average molecular weight is 330 g/mol. The Balaban J connectivity index is 1.31. The number of benzene rings is 1. The zero-order chi connectivity index (χ0) is 16.7. The van der Waals surface area contributed by atoms with Crippen LogP contribution < -0.4 is 0 Å². The number of carbonyl (C=O) groups excluding carboxylic acids is 1. The second-order valence-electron chi connectivity index (χ2n) is 7.97. The Labute approximate surface area is 143 Å². The van der Waals surface area contributed by atoms with Crippen molar-refractivity contribution < 1.29 is 9.18 Å². The first kappa shape index (κ1) is 16.1. The maximum Gasteiger partial charge on any atom is 0.226 e. The van der Waals surface area contributed by atoms with Crippen molar-refractivity contribution in [3.05, 3.63) is 35.6 Å². The van der Waals surface area contributed by atoms with Crippen molar-refractivity contribution in [3.63, 3.8) is 0 Å². The van der Waals surface area contributed by atoms with E-state index in [1.54, 1.807) is 0 Å². The molecule has 24 heavy (non-hydrogen) atoms. The summed E-state index contributed by atoms with van der Waals surface area (Å²) in [6.07, 6.45) is 4.67. The zero-order valence-electron chi connectivity index (χ0n) is 14.5. The molecule has 1 saturated carbocycles.